The summed E-state index contributed by atoms with van der Waals surface area (Å²) in [5, 5.41) is 9.41. The van der Waals surface area contributed by atoms with Gasteiger partial charge in [-0.1, -0.05) is 34.1 Å². The van der Waals surface area contributed by atoms with Gasteiger partial charge in [-0.2, -0.15) is 0 Å². The smallest absolute Gasteiger partial charge is 0.407 e. The van der Waals surface area contributed by atoms with Crippen LogP contribution in [0.3, 0.4) is 0 Å². The fourth-order valence-corrected chi connectivity index (χ4v) is 1.68. The zero-order valence-electron chi connectivity index (χ0n) is 13.0. The van der Waals surface area contributed by atoms with E-state index < -0.39 is 0 Å². The van der Waals surface area contributed by atoms with Crippen LogP contribution in [0.2, 0.25) is 0 Å². The van der Waals surface area contributed by atoms with E-state index in [1.165, 1.54) is 0 Å². The van der Waals surface area contributed by atoms with Crippen LogP contribution in [0.1, 0.15) is 40.5 Å². The van der Waals surface area contributed by atoms with Crippen LogP contribution in [0.25, 0.3) is 0 Å². The number of carbonyl (C=O) groups excluding carboxylic acids is 1. The Kier molecular flexibility index (Phi) is 10.6. The summed E-state index contributed by atoms with van der Waals surface area (Å²) >= 11 is 0. The summed E-state index contributed by atoms with van der Waals surface area (Å²) in [6.07, 6.45) is 1.74. The highest BCUT2D eigenvalue weighted by atomic mass is 16.5. The van der Waals surface area contributed by atoms with Crippen LogP contribution in [0.4, 0.5) is 4.79 Å². The normalized spacial score (nSPS) is 11.4. The number of amides is 1. The fraction of sp³-hybridized carbons (Fsp3) is 0.929. The summed E-state index contributed by atoms with van der Waals surface area (Å²) in [6.45, 7) is 13.0. The highest BCUT2D eigenvalue weighted by Gasteiger charge is 2.25. The molecule has 114 valence electrons. The molecule has 0 bridgehead atoms. The Morgan fingerprint density at radius 1 is 1.11 bits per heavy atom. The topological polar surface area (TPSA) is 62.4 Å². The van der Waals surface area contributed by atoms with E-state index in [0.29, 0.717) is 13.2 Å². The quantitative estimate of drug-likeness (QED) is 0.502. The molecule has 0 atom stereocenters. The van der Waals surface area contributed by atoms with Crippen LogP contribution in [0.5, 0.6) is 0 Å². The lowest BCUT2D eigenvalue weighted by atomic mass is 9.91. The van der Waals surface area contributed by atoms with Crippen molar-refractivity contribution < 1.29 is 9.53 Å². The van der Waals surface area contributed by atoms with Gasteiger partial charge in [0.15, 0.2) is 0 Å². The second-order valence-electron chi connectivity index (χ2n) is 5.23. The van der Waals surface area contributed by atoms with Gasteiger partial charge < -0.3 is 20.7 Å². The summed E-state index contributed by atoms with van der Waals surface area (Å²) in [7, 11) is 0. The monoisotopic (exact) mass is 273 g/mol. The molecule has 0 heterocycles. The van der Waals surface area contributed by atoms with Gasteiger partial charge in [0.05, 0.1) is 0 Å². The lowest BCUT2D eigenvalue weighted by Gasteiger charge is -2.29. The highest BCUT2D eigenvalue weighted by molar-refractivity contribution is 5.67. The number of carbonyl (C=O) groups is 1. The first kappa shape index (κ1) is 18.2. The van der Waals surface area contributed by atoms with Crippen LogP contribution < -0.4 is 16.0 Å². The van der Waals surface area contributed by atoms with Crippen molar-refractivity contribution in [1.82, 2.24) is 16.0 Å². The van der Waals surface area contributed by atoms with Gasteiger partial charge in [-0.05, 0) is 19.5 Å². The SMILES string of the molecule is CCCCNC(=O)OCC(C)(CNCC)CNCC. The number of nitrogens with one attached hydrogen (secondary N) is 3. The van der Waals surface area contributed by atoms with E-state index >= 15 is 0 Å². The van der Waals surface area contributed by atoms with Crippen LogP contribution >= 0.6 is 0 Å². The molecule has 0 aliphatic rings. The molecule has 0 unspecified atom stereocenters. The van der Waals surface area contributed by atoms with Crippen LogP contribution in [-0.2, 0) is 4.74 Å². The van der Waals surface area contributed by atoms with Gasteiger partial charge in [0, 0.05) is 25.0 Å². The molecule has 0 aromatic rings. The van der Waals surface area contributed by atoms with Gasteiger partial charge in [-0.3, -0.25) is 0 Å². The molecule has 0 spiro atoms. The maximum atomic E-state index is 11.5. The lowest BCUT2D eigenvalue weighted by molar-refractivity contribution is 0.0894. The second kappa shape index (κ2) is 11.1. The summed E-state index contributed by atoms with van der Waals surface area (Å²) in [5.74, 6) is 0. The standard InChI is InChI=1S/C14H31N3O2/c1-5-8-9-17-13(18)19-12-14(4,10-15-6-2)11-16-7-3/h15-16H,5-12H2,1-4H3,(H,17,18). The van der Waals surface area contributed by atoms with E-state index in [9.17, 15) is 4.79 Å². The summed E-state index contributed by atoms with van der Waals surface area (Å²) in [5.41, 5.74) is -0.0753. The number of hydrogen-bond donors (Lipinski definition) is 3. The Bertz CT molecular complexity index is 227. The second-order valence-corrected chi connectivity index (χ2v) is 5.23. The molecule has 19 heavy (non-hydrogen) atoms. The number of unbranched alkanes of at least 4 members (excludes halogenated alkanes) is 1. The number of alkyl carbamates (subject to hydrolysis) is 1. The summed E-state index contributed by atoms with van der Waals surface area (Å²) in [6, 6.07) is 0. The van der Waals surface area contributed by atoms with Crippen molar-refractivity contribution in [3.8, 4) is 0 Å². The average Bonchev–Trinajstić information content (AvgIpc) is 2.41. The van der Waals surface area contributed by atoms with Crippen molar-refractivity contribution in [1.29, 1.82) is 0 Å². The van der Waals surface area contributed by atoms with Crippen LogP contribution in [-0.4, -0.2) is 45.4 Å². The Hall–Kier alpha value is -0.810. The van der Waals surface area contributed by atoms with Crippen molar-refractivity contribution in [2.24, 2.45) is 5.41 Å². The van der Waals surface area contributed by atoms with Crippen LogP contribution in [0, 0.1) is 5.41 Å². The molecule has 0 aromatic carbocycles. The molecular weight excluding hydrogens is 242 g/mol. The third-order valence-corrected chi connectivity index (χ3v) is 2.95. The minimum absolute atomic E-state index is 0.0753. The maximum absolute atomic E-state index is 11.5. The minimum Gasteiger partial charge on any atom is -0.449 e. The Morgan fingerprint density at radius 2 is 1.68 bits per heavy atom. The molecule has 0 aliphatic heterocycles. The molecule has 0 radical (unpaired) electrons. The highest BCUT2D eigenvalue weighted by Crippen LogP contribution is 2.14. The van der Waals surface area contributed by atoms with Crippen molar-refractivity contribution in [2.45, 2.75) is 40.5 Å². The molecule has 0 aromatic heterocycles. The van der Waals surface area contributed by atoms with Gasteiger partial charge in [-0.25, -0.2) is 4.79 Å². The molecule has 0 saturated carbocycles. The minimum atomic E-state index is -0.312. The lowest BCUT2D eigenvalue weighted by Crippen LogP contribution is -2.44. The predicted octanol–water partition coefficient (Wildman–Crippen LogP) is 1.74. The number of rotatable bonds is 11. The van der Waals surface area contributed by atoms with Crippen LogP contribution in [0.15, 0.2) is 0 Å². The number of hydrogen-bond acceptors (Lipinski definition) is 4. The Labute approximate surface area is 117 Å². The van der Waals surface area contributed by atoms with Crippen molar-refractivity contribution in [3.05, 3.63) is 0 Å². The third-order valence-electron chi connectivity index (χ3n) is 2.95. The van der Waals surface area contributed by atoms with E-state index in [4.69, 9.17) is 4.74 Å². The molecule has 5 nitrogen and oxygen atoms in total. The molecule has 3 N–H and O–H groups in total. The molecule has 5 heteroatoms. The zero-order chi connectivity index (χ0) is 14.6. The van der Waals surface area contributed by atoms with Gasteiger partial charge in [-0.15, -0.1) is 0 Å². The van der Waals surface area contributed by atoms with Gasteiger partial charge in [0.1, 0.15) is 6.61 Å². The van der Waals surface area contributed by atoms with E-state index in [-0.39, 0.29) is 11.5 Å². The Balaban J connectivity index is 4.05. The van der Waals surface area contributed by atoms with Gasteiger partial charge in [0.25, 0.3) is 0 Å². The summed E-state index contributed by atoms with van der Waals surface area (Å²) in [4.78, 5) is 11.5. The van der Waals surface area contributed by atoms with Gasteiger partial charge >= 0.3 is 6.09 Å². The number of ether oxygens (including phenoxy) is 1. The van der Waals surface area contributed by atoms with E-state index in [1.54, 1.807) is 0 Å². The third kappa shape index (κ3) is 9.73. The maximum Gasteiger partial charge on any atom is 0.407 e. The molecule has 0 rings (SSSR count). The Morgan fingerprint density at radius 3 is 2.16 bits per heavy atom. The summed E-state index contributed by atoms with van der Waals surface area (Å²) < 4.78 is 5.32. The molecule has 0 fully saturated rings. The first-order valence-corrected chi connectivity index (χ1v) is 7.40. The first-order valence-electron chi connectivity index (χ1n) is 7.40. The van der Waals surface area contributed by atoms with Crippen molar-refractivity contribution >= 4 is 6.09 Å². The molecule has 0 aliphatic carbocycles. The molecule has 1 amide bonds. The van der Waals surface area contributed by atoms with E-state index in [1.807, 2.05) is 0 Å². The fourth-order valence-electron chi connectivity index (χ4n) is 1.68. The van der Waals surface area contributed by atoms with Crippen molar-refractivity contribution in [2.75, 3.05) is 39.3 Å². The van der Waals surface area contributed by atoms with E-state index in [0.717, 1.165) is 39.0 Å². The zero-order valence-corrected chi connectivity index (χ0v) is 13.0. The van der Waals surface area contributed by atoms with E-state index in [2.05, 4.69) is 43.6 Å². The molecule has 0 saturated heterocycles. The average molecular weight is 273 g/mol. The first-order chi connectivity index (χ1) is 9.08. The van der Waals surface area contributed by atoms with Crippen molar-refractivity contribution in [3.63, 3.8) is 0 Å². The predicted molar refractivity (Wildman–Crippen MR) is 79.5 cm³/mol. The molecular formula is C14H31N3O2. The largest absolute Gasteiger partial charge is 0.449 e. The van der Waals surface area contributed by atoms with Gasteiger partial charge in [0.2, 0.25) is 0 Å².